The quantitative estimate of drug-likeness (QED) is 0.152. The molecule has 3 N–H and O–H groups in total. The van der Waals surface area contributed by atoms with Gasteiger partial charge in [-0.15, -0.1) is 0 Å². The monoisotopic (exact) mass is 798 g/mol. The Balaban J connectivity index is 1.06. The molecular formula is C49H71N3O6. The van der Waals surface area contributed by atoms with Crippen LogP contribution in [0.1, 0.15) is 157 Å². The number of amidine groups is 1. The van der Waals surface area contributed by atoms with Crippen molar-refractivity contribution in [3.05, 3.63) is 35.9 Å². The van der Waals surface area contributed by atoms with Crippen LogP contribution in [-0.2, 0) is 23.9 Å². The zero-order chi connectivity index (χ0) is 41.8. The molecule has 318 valence electrons. The van der Waals surface area contributed by atoms with Crippen LogP contribution in [0.15, 0.2) is 35.3 Å². The van der Waals surface area contributed by atoms with Gasteiger partial charge >= 0.3 is 11.9 Å². The average Bonchev–Trinajstić information content (AvgIpc) is 3.53. The highest BCUT2D eigenvalue weighted by Gasteiger charge is 2.74. The molecule has 1 aromatic rings. The minimum atomic E-state index is -1.16. The van der Waals surface area contributed by atoms with Crippen molar-refractivity contribution in [2.45, 2.75) is 164 Å². The number of fused-ring (bicyclic) bond motifs is 7. The Labute approximate surface area is 347 Å². The van der Waals surface area contributed by atoms with Gasteiger partial charge < -0.3 is 20.5 Å². The Hall–Kier alpha value is -3.23. The van der Waals surface area contributed by atoms with Gasteiger partial charge in [0, 0.05) is 17.5 Å². The van der Waals surface area contributed by atoms with Gasteiger partial charge in [0.05, 0.1) is 17.3 Å². The third kappa shape index (κ3) is 6.14. The molecule has 0 radical (unpaired) electrons. The van der Waals surface area contributed by atoms with E-state index in [4.69, 9.17) is 10.5 Å². The third-order valence-electron chi connectivity index (χ3n) is 19.3. The molecule has 2 amide bonds. The number of carbonyl (C=O) groups is 4. The number of carbonyl (C=O) groups excluding carboxylic acids is 3. The Morgan fingerprint density at radius 1 is 0.810 bits per heavy atom. The summed E-state index contributed by atoms with van der Waals surface area (Å²) < 4.78 is 6.21. The smallest absolute Gasteiger partial charge is 0.309 e. The Morgan fingerprint density at radius 3 is 2.19 bits per heavy atom. The zero-order valence-electron chi connectivity index (χ0n) is 36.7. The molecule has 1 saturated heterocycles. The number of ether oxygens (including phenoxy) is 1. The van der Waals surface area contributed by atoms with E-state index >= 15 is 4.79 Å². The zero-order valence-corrected chi connectivity index (χ0v) is 36.7. The summed E-state index contributed by atoms with van der Waals surface area (Å²) in [5, 5.41) is 9.67. The molecule has 6 saturated carbocycles. The molecule has 0 aromatic heterocycles. The number of amides is 2. The van der Waals surface area contributed by atoms with E-state index in [0.29, 0.717) is 48.0 Å². The van der Waals surface area contributed by atoms with Crippen molar-refractivity contribution >= 4 is 29.6 Å². The van der Waals surface area contributed by atoms with Gasteiger partial charge in [0.25, 0.3) is 5.91 Å². The lowest BCUT2D eigenvalue weighted by molar-refractivity contribution is -0.251. The molecule has 7 fully saturated rings. The number of hydrogen-bond acceptors (Lipinski definition) is 5. The molecule has 9 nitrogen and oxygen atoms in total. The standard InChI is InChI=1S/C49H71N3O6/c1-43(2,42(56)57)29-37(53)58-36-20-21-46(6)34(44(36,3)4)19-22-48(8)35(46)17-16-32-38-31(45(5)24-25-45)18-23-49(38,27-26-47(32,48)7)41(55)52-28-12-15-33(52)40(54)51-39(50)30-13-10-9-11-14-30/h9-11,13-14,31-36,38H,12,15-29H2,1-8H3,(H,56,57)(H2,50,51,54). The fourth-order valence-corrected chi connectivity index (χ4v) is 15.6. The maximum atomic E-state index is 15.5. The summed E-state index contributed by atoms with van der Waals surface area (Å²) in [4.78, 5) is 60.7. The van der Waals surface area contributed by atoms with Crippen LogP contribution in [0.25, 0.3) is 0 Å². The van der Waals surface area contributed by atoms with Crippen molar-refractivity contribution in [1.29, 1.82) is 0 Å². The van der Waals surface area contributed by atoms with Crippen molar-refractivity contribution in [2.24, 2.45) is 78.2 Å². The predicted molar refractivity (Wildman–Crippen MR) is 224 cm³/mol. The van der Waals surface area contributed by atoms with Crippen LogP contribution < -0.4 is 5.73 Å². The van der Waals surface area contributed by atoms with E-state index in [1.165, 1.54) is 12.8 Å². The largest absolute Gasteiger partial charge is 0.481 e. The molecular weight excluding hydrogens is 727 g/mol. The van der Waals surface area contributed by atoms with Crippen LogP contribution in [-0.4, -0.2) is 58.3 Å². The van der Waals surface area contributed by atoms with Crippen molar-refractivity contribution in [3.63, 3.8) is 0 Å². The number of nitrogens with zero attached hydrogens (tertiary/aromatic N) is 2. The maximum Gasteiger partial charge on any atom is 0.309 e. The molecule has 8 rings (SSSR count). The molecule has 7 aliphatic rings. The van der Waals surface area contributed by atoms with Crippen molar-refractivity contribution in [2.75, 3.05) is 6.54 Å². The van der Waals surface area contributed by atoms with Gasteiger partial charge in [0.1, 0.15) is 18.0 Å². The summed E-state index contributed by atoms with van der Waals surface area (Å²) in [7, 11) is 0. The van der Waals surface area contributed by atoms with Gasteiger partial charge in [0.2, 0.25) is 5.91 Å². The predicted octanol–water partition coefficient (Wildman–Crippen LogP) is 9.20. The summed E-state index contributed by atoms with van der Waals surface area (Å²) in [6.07, 6.45) is 13.8. The number of esters is 1. The second-order valence-corrected chi connectivity index (χ2v) is 22.7. The lowest BCUT2D eigenvalue weighted by Gasteiger charge is -2.73. The van der Waals surface area contributed by atoms with Crippen molar-refractivity contribution in [1.82, 2.24) is 4.90 Å². The van der Waals surface area contributed by atoms with Gasteiger partial charge in [0.15, 0.2) is 0 Å². The minimum absolute atomic E-state index is 0.0801. The van der Waals surface area contributed by atoms with Crippen LogP contribution in [0.3, 0.4) is 0 Å². The van der Waals surface area contributed by atoms with Crippen LogP contribution >= 0.6 is 0 Å². The van der Waals surface area contributed by atoms with Crippen LogP contribution in [0, 0.1) is 67.5 Å². The number of hydrogen-bond donors (Lipinski definition) is 2. The van der Waals surface area contributed by atoms with Gasteiger partial charge in [-0.05, 0) is 155 Å². The van der Waals surface area contributed by atoms with Gasteiger partial charge in [-0.25, -0.2) is 0 Å². The number of aliphatic imine (C=N–C) groups is 1. The number of carboxylic acids is 1. The van der Waals surface area contributed by atoms with Crippen molar-refractivity contribution in [3.8, 4) is 0 Å². The number of benzene rings is 1. The van der Waals surface area contributed by atoms with E-state index in [0.717, 1.165) is 76.2 Å². The fraction of sp³-hybridized carbons (Fsp3) is 0.776. The topological polar surface area (TPSA) is 139 Å². The van der Waals surface area contributed by atoms with Gasteiger partial charge in [-0.3, -0.25) is 19.2 Å². The van der Waals surface area contributed by atoms with Crippen molar-refractivity contribution < 1.29 is 29.0 Å². The highest BCUT2D eigenvalue weighted by atomic mass is 16.5. The van der Waals surface area contributed by atoms with Gasteiger partial charge in [-0.1, -0.05) is 71.9 Å². The number of likely N-dealkylation sites (tertiary alicyclic amines) is 1. The third-order valence-corrected chi connectivity index (χ3v) is 19.3. The molecule has 0 bridgehead atoms. The second kappa shape index (κ2) is 13.9. The van der Waals surface area contributed by atoms with E-state index in [1.54, 1.807) is 13.8 Å². The number of carboxylic acid groups (broad SMARTS) is 1. The molecule has 11 unspecified atom stereocenters. The minimum Gasteiger partial charge on any atom is -0.481 e. The number of rotatable bonds is 8. The molecule has 58 heavy (non-hydrogen) atoms. The molecule has 1 heterocycles. The summed E-state index contributed by atoms with van der Waals surface area (Å²) in [6.45, 7) is 18.7. The van der Waals surface area contributed by atoms with Crippen LogP contribution in [0.5, 0.6) is 0 Å². The number of nitrogens with two attached hydrogens (primary N) is 1. The Morgan fingerprint density at radius 2 is 1.52 bits per heavy atom. The molecule has 1 aromatic carbocycles. The second-order valence-electron chi connectivity index (χ2n) is 22.7. The molecule has 6 aliphatic carbocycles. The average molecular weight is 798 g/mol. The lowest BCUT2D eigenvalue weighted by atomic mass is 9.32. The highest BCUT2D eigenvalue weighted by molar-refractivity contribution is 6.06. The normalized spacial score (nSPS) is 41.3. The Kier molecular flexibility index (Phi) is 9.95. The number of aliphatic carboxylic acids is 1. The van der Waals surface area contributed by atoms with Crippen LogP contribution in [0.4, 0.5) is 0 Å². The molecule has 1 aliphatic heterocycles. The van der Waals surface area contributed by atoms with E-state index in [1.807, 2.05) is 35.2 Å². The molecule has 9 heteroatoms. The maximum absolute atomic E-state index is 15.5. The van der Waals surface area contributed by atoms with Gasteiger partial charge in [-0.2, -0.15) is 4.99 Å². The van der Waals surface area contributed by atoms with Crippen LogP contribution in [0.2, 0.25) is 0 Å². The SMILES string of the molecule is CC(C)(CC(=O)OC1CCC2(C)C(CCC3(C)C2CCC2C4C(C5(C)CC5)CCC4(C(=O)N4CCCC4C(=O)N=C(N)c4ccccc4)CCC23C)C1(C)C)C(=O)O. The first kappa shape index (κ1) is 41.5. The first-order chi connectivity index (χ1) is 27.1. The van der Waals surface area contributed by atoms with E-state index in [-0.39, 0.29) is 51.8 Å². The first-order valence-corrected chi connectivity index (χ1v) is 22.8. The first-order valence-electron chi connectivity index (χ1n) is 22.8. The summed E-state index contributed by atoms with van der Waals surface area (Å²) in [5.74, 6) is 0.930. The Bertz CT molecular complexity index is 1870. The van der Waals surface area contributed by atoms with E-state index in [9.17, 15) is 19.5 Å². The lowest BCUT2D eigenvalue weighted by Crippen LogP contribution is -2.68. The molecule has 0 spiro atoms. The summed E-state index contributed by atoms with van der Waals surface area (Å²) >= 11 is 0. The highest BCUT2D eigenvalue weighted by Crippen LogP contribution is 2.79. The summed E-state index contributed by atoms with van der Waals surface area (Å²) in [6, 6.07) is 8.86. The van der Waals surface area contributed by atoms with E-state index in [2.05, 4.69) is 46.5 Å². The fourth-order valence-electron chi connectivity index (χ4n) is 15.6. The van der Waals surface area contributed by atoms with E-state index < -0.39 is 28.8 Å². The molecule has 11 atom stereocenters. The summed E-state index contributed by atoms with van der Waals surface area (Å²) in [5.41, 5.74) is 5.79.